The number of likely N-dealkylation sites (tertiary alicyclic amines) is 1. The fraction of sp³-hybridized carbons (Fsp3) is 0.500. The molecule has 128 valence electrons. The Kier molecular flexibility index (Phi) is 4.66. The molecule has 0 bridgehead atoms. The van der Waals surface area contributed by atoms with E-state index in [2.05, 4.69) is 9.97 Å². The van der Waals surface area contributed by atoms with Crippen molar-refractivity contribution in [3.8, 4) is 0 Å². The van der Waals surface area contributed by atoms with Gasteiger partial charge in [-0.25, -0.2) is 9.97 Å². The van der Waals surface area contributed by atoms with E-state index in [1.807, 2.05) is 18.7 Å². The molecule has 1 unspecified atom stereocenters. The Labute approximate surface area is 144 Å². The van der Waals surface area contributed by atoms with Crippen LogP contribution in [-0.4, -0.2) is 44.3 Å². The van der Waals surface area contributed by atoms with E-state index in [1.54, 1.807) is 17.0 Å². The van der Waals surface area contributed by atoms with Gasteiger partial charge in [-0.2, -0.15) is 0 Å². The molecule has 2 N–H and O–H groups in total. The maximum atomic E-state index is 12.8. The minimum atomic E-state index is -0.395. The Morgan fingerprint density at radius 3 is 2.88 bits per heavy atom. The molecule has 0 spiro atoms. The van der Waals surface area contributed by atoms with Gasteiger partial charge in [0.2, 0.25) is 5.91 Å². The number of thiazole rings is 1. The second-order valence-electron chi connectivity index (χ2n) is 6.12. The molecule has 1 atom stereocenters. The van der Waals surface area contributed by atoms with Gasteiger partial charge in [0.1, 0.15) is 17.2 Å². The van der Waals surface area contributed by atoms with Crippen LogP contribution >= 0.6 is 11.3 Å². The molecule has 0 saturated carbocycles. The van der Waals surface area contributed by atoms with Crippen molar-refractivity contribution in [1.29, 1.82) is 0 Å². The third kappa shape index (κ3) is 3.33. The molecule has 3 rings (SSSR count). The standard InChI is InChI=1S/C16H21N5O2S/c1-10-14(24-11(2)19-10)16(23)21-6-3-4-12(8-21)15-18-5-7-20(15)9-13(17)22/h5,7,12H,3-4,6,8-9H2,1-2H3,(H2,17,22). The highest BCUT2D eigenvalue weighted by Gasteiger charge is 2.29. The van der Waals surface area contributed by atoms with E-state index in [-0.39, 0.29) is 18.4 Å². The number of primary amides is 1. The number of hydrogen-bond donors (Lipinski definition) is 1. The Hall–Kier alpha value is -2.22. The molecular weight excluding hydrogens is 326 g/mol. The highest BCUT2D eigenvalue weighted by atomic mass is 32.1. The van der Waals surface area contributed by atoms with Crippen molar-refractivity contribution in [1.82, 2.24) is 19.4 Å². The highest BCUT2D eigenvalue weighted by molar-refractivity contribution is 7.13. The second kappa shape index (κ2) is 6.72. The third-order valence-electron chi connectivity index (χ3n) is 4.25. The van der Waals surface area contributed by atoms with Crippen LogP contribution in [0.1, 0.15) is 45.0 Å². The Morgan fingerprint density at radius 2 is 2.21 bits per heavy atom. The van der Waals surface area contributed by atoms with Crippen molar-refractivity contribution in [3.05, 3.63) is 33.8 Å². The van der Waals surface area contributed by atoms with Crippen molar-refractivity contribution in [2.75, 3.05) is 13.1 Å². The van der Waals surface area contributed by atoms with E-state index >= 15 is 0 Å². The highest BCUT2D eigenvalue weighted by Crippen LogP contribution is 2.28. The van der Waals surface area contributed by atoms with Crippen LogP contribution < -0.4 is 5.73 Å². The van der Waals surface area contributed by atoms with Gasteiger partial charge in [0.05, 0.1) is 10.7 Å². The lowest BCUT2D eigenvalue weighted by Gasteiger charge is -2.32. The number of carbonyl (C=O) groups excluding carboxylic acids is 2. The first-order valence-corrected chi connectivity index (χ1v) is 8.80. The number of piperidine rings is 1. The van der Waals surface area contributed by atoms with Crippen LogP contribution in [0.15, 0.2) is 12.4 Å². The average Bonchev–Trinajstić information content (AvgIpc) is 3.12. The predicted octanol–water partition coefficient (Wildman–Crippen LogP) is 1.46. The van der Waals surface area contributed by atoms with E-state index in [9.17, 15) is 9.59 Å². The summed E-state index contributed by atoms with van der Waals surface area (Å²) in [5, 5.41) is 0.904. The quantitative estimate of drug-likeness (QED) is 0.906. The molecule has 24 heavy (non-hydrogen) atoms. The smallest absolute Gasteiger partial charge is 0.265 e. The van der Waals surface area contributed by atoms with Gasteiger partial charge in [-0.15, -0.1) is 11.3 Å². The summed E-state index contributed by atoms with van der Waals surface area (Å²) < 4.78 is 1.78. The van der Waals surface area contributed by atoms with Crippen molar-refractivity contribution in [3.63, 3.8) is 0 Å². The molecule has 7 nitrogen and oxygen atoms in total. The van der Waals surface area contributed by atoms with Gasteiger partial charge in [-0.05, 0) is 26.7 Å². The van der Waals surface area contributed by atoms with Crippen molar-refractivity contribution in [2.45, 2.75) is 39.2 Å². The summed E-state index contributed by atoms with van der Waals surface area (Å²) in [6.45, 7) is 5.24. The number of aryl methyl sites for hydroxylation is 2. The fourth-order valence-electron chi connectivity index (χ4n) is 3.23. The van der Waals surface area contributed by atoms with Crippen molar-refractivity contribution in [2.24, 2.45) is 5.73 Å². The van der Waals surface area contributed by atoms with E-state index in [0.29, 0.717) is 11.4 Å². The largest absolute Gasteiger partial charge is 0.368 e. The number of nitrogens with zero attached hydrogens (tertiary/aromatic N) is 4. The molecular formula is C16H21N5O2S. The van der Waals surface area contributed by atoms with Crippen molar-refractivity contribution >= 4 is 23.2 Å². The van der Waals surface area contributed by atoms with Gasteiger partial charge < -0.3 is 15.2 Å². The second-order valence-corrected chi connectivity index (χ2v) is 7.32. The Bertz CT molecular complexity index is 766. The van der Waals surface area contributed by atoms with Crippen LogP contribution in [0.5, 0.6) is 0 Å². The van der Waals surface area contributed by atoms with Gasteiger partial charge >= 0.3 is 0 Å². The van der Waals surface area contributed by atoms with E-state index in [4.69, 9.17) is 5.73 Å². The number of carbonyl (C=O) groups is 2. The van der Waals surface area contributed by atoms with Crippen LogP contribution in [0.2, 0.25) is 0 Å². The van der Waals surface area contributed by atoms with Gasteiger partial charge in [0, 0.05) is 31.4 Å². The zero-order valence-corrected chi connectivity index (χ0v) is 14.7. The third-order valence-corrected chi connectivity index (χ3v) is 5.31. The molecule has 3 heterocycles. The molecule has 1 aliphatic heterocycles. The molecule has 2 aromatic heterocycles. The number of aromatic nitrogens is 3. The molecule has 1 fully saturated rings. The summed E-state index contributed by atoms with van der Waals surface area (Å²) in [4.78, 5) is 35.3. The summed E-state index contributed by atoms with van der Waals surface area (Å²) in [7, 11) is 0. The van der Waals surface area contributed by atoms with Gasteiger partial charge in [-0.1, -0.05) is 0 Å². The molecule has 0 aromatic carbocycles. The number of nitrogens with two attached hydrogens (primary N) is 1. The SMILES string of the molecule is Cc1nc(C)c(C(=O)N2CCCC(c3nccn3CC(N)=O)C2)s1. The monoisotopic (exact) mass is 347 g/mol. The normalized spacial score (nSPS) is 17.9. The van der Waals surface area contributed by atoms with Crippen LogP contribution in [0.25, 0.3) is 0 Å². The molecule has 1 saturated heterocycles. The van der Waals surface area contributed by atoms with Crippen LogP contribution in [0.3, 0.4) is 0 Å². The first-order chi connectivity index (χ1) is 11.5. The maximum absolute atomic E-state index is 12.8. The lowest BCUT2D eigenvalue weighted by Crippen LogP contribution is -2.40. The molecule has 0 aliphatic carbocycles. The van der Waals surface area contributed by atoms with Crippen LogP contribution in [-0.2, 0) is 11.3 Å². The summed E-state index contributed by atoms with van der Waals surface area (Å²) in [6, 6.07) is 0. The number of amides is 2. The molecule has 1 aliphatic rings. The van der Waals surface area contributed by atoms with Gasteiger partial charge in [0.25, 0.3) is 5.91 Å². The minimum Gasteiger partial charge on any atom is -0.368 e. The van der Waals surface area contributed by atoms with E-state index < -0.39 is 5.91 Å². The molecule has 2 aromatic rings. The van der Waals surface area contributed by atoms with Gasteiger partial charge in [-0.3, -0.25) is 9.59 Å². The van der Waals surface area contributed by atoms with Crippen LogP contribution in [0, 0.1) is 13.8 Å². The maximum Gasteiger partial charge on any atom is 0.265 e. The fourth-order valence-corrected chi connectivity index (χ4v) is 4.12. The Morgan fingerprint density at radius 1 is 1.42 bits per heavy atom. The lowest BCUT2D eigenvalue weighted by molar-refractivity contribution is -0.118. The molecule has 0 radical (unpaired) electrons. The number of imidazole rings is 1. The van der Waals surface area contributed by atoms with E-state index in [0.717, 1.165) is 35.9 Å². The summed E-state index contributed by atoms with van der Waals surface area (Å²) in [6.07, 6.45) is 5.30. The number of hydrogen-bond acceptors (Lipinski definition) is 5. The average molecular weight is 347 g/mol. The van der Waals surface area contributed by atoms with Gasteiger partial charge in [0.15, 0.2) is 0 Å². The van der Waals surface area contributed by atoms with Crippen molar-refractivity contribution < 1.29 is 9.59 Å². The summed E-state index contributed by atoms with van der Waals surface area (Å²) in [5.41, 5.74) is 6.09. The first-order valence-electron chi connectivity index (χ1n) is 7.98. The molecule has 8 heteroatoms. The van der Waals surface area contributed by atoms with Crippen LogP contribution in [0.4, 0.5) is 0 Å². The predicted molar refractivity (Wildman–Crippen MR) is 90.9 cm³/mol. The zero-order chi connectivity index (χ0) is 17.3. The van der Waals surface area contributed by atoms with E-state index in [1.165, 1.54) is 11.3 Å². The lowest BCUT2D eigenvalue weighted by atomic mass is 9.97. The summed E-state index contributed by atoms with van der Waals surface area (Å²) in [5.74, 6) is 0.583. The molecule has 2 amide bonds. The zero-order valence-electron chi connectivity index (χ0n) is 13.9. The number of rotatable bonds is 4. The summed E-state index contributed by atoms with van der Waals surface area (Å²) >= 11 is 1.44. The minimum absolute atomic E-state index is 0.0378. The topological polar surface area (TPSA) is 94.1 Å². The first kappa shape index (κ1) is 16.6. The Balaban J connectivity index is 1.77.